The van der Waals surface area contributed by atoms with Gasteiger partial charge in [-0.15, -0.1) is 0 Å². The number of nitriles is 2. The number of nitrogens with two attached hydrogens (primary N) is 1. The first-order valence-electron chi connectivity index (χ1n) is 8.83. The number of para-hydroxylation sites is 1. The number of carbonyl (C=O) groups excluding carboxylic acids is 1. The maximum atomic E-state index is 12.8. The summed E-state index contributed by atoms with van der Waals surface area (Å²) in [5.74, 6) is -1.77. The van der Waals surface area contributed by atoms with Crippen molar-refractivity contribution in [3.05, 3.63) is 52.7 Å². The summed E-state index contributed by atoms with van der Waals surface area (Å²) < 4.78 is 5.81. The molecule has 0 saturated carbocycles. The Morgan fingerprint density at radius 1 is 1.27 bits per heavy atom. The SMILES string of the molecule is CC(C)c1c(C#N)c(N)nc(SCC(=O)c2c([O-])on[n+]2-c2ccccc2)c1C#N. The van der Waals surface area contributed by atoms with E-state index in [0.717, 1.165) is 16.4 Å². The molecule has 0 amide bonds. The largest absolute Gasteiger partial charge is 0.539 e. The van der Waals surface area contributed by atoms with Crippen LogP contribution < -0.4 is 15.5 Å². The van der Waals surface area contributed by atoms with Crippen LogP contribution in [0.1, 0.15) is 46.9 Å². The van der Waals surface area contributed by atoms with Crippen molar-refractivity contribution in [3.63, 3.8) is 0 Å². The van der Waals surface area contributed by atoms with E-state index in [1.807, 2.05) is 19.9 Å². The molecule has 10 heteroatoms. The number of nitrogen functional groups attached to an aromatic ring is 1. The van der Waals surface area contributed by atoms with Crippen molar-refractivity contribution in [2.24, 2.45) is 0 Å². The van der Waals surface area contributed by atoms with Gasteiger partial charge in [-0.3, -0.25) is 4.79 Å². The summed E-state index contributed by atoms with van der Waals surface area (Å²) in [4.78, 5) is 16.9. The molecule has 2 aromatic heterocycles. The maximum absolute atomic E-state index is 12.8. The van der Waals surface area contributed by atoms with E-state index in [0.29, 0.717) is 11.3 Å². The number of aromatic nitrogens is 3. The Morgan fingerprint density at radius 2 is 1.93 bits per heavy atom. The predicted molar refractivity (Wildman–Crippen MR) is 105 cm³/mol. The van der Waals surface area contributed by atoms with Crippen LogP contribution in [-0.2, 0) is 0 Å². The highest BCUT2D eigenvalue weighted by Gasteiger charge is 2.28. The van der Waals surface area contributed by atoms with E-state index in [4.69, 9.17) is 5.73 Å². The van der Waals surface area contributed by atoms with Crippen LogP contribution >= 0.6 is 11.8 Å². The summed E-state index contributed by atoms with van der Waals surface area (Å²) in [7, 11) is 0. The number of rotatable bonds is 6. The van der Waals surface area contributed by atoms with Crippen molar-refractivity contribution in [1.82, 2.24) is 10.3 Å². The highest BCUT2D eigenvalue weighted by molar-refractivity contribution is 8.00. The van der Waals surface area contributed by atoms with Crippen LogP contribution in [0.25, 0.3) is 5.69 Å². The summed E-state index contributed by atoms with van der Waals surface area (Å²) in [5.41, 5.74) is 6.99. The first-order valence-corrected chi connectivity index (χ1v) is 9.81. The van der Waals surface area contributed by atoms with Crippen LogP contribution in [0.4, 0.5) is 5.82 Å². The van der Waals surface area contributed by atoms with Gasteiger partial charge in [0.25, 0.3) is 0 Å². The number of thioether (sulfide) groups is 1. The zero-order valence-electron chi connectivity index (χ0n) is 16.1. The molecular weight excluding hydrogens is 404 g/mol. The Bertz CT molecular complexity index is 1190. The lowest BCUT2D eigenvalue weighted by Gasteiger charge is -2.14. The molecule has 0 fully saturated rings. The molecule has 0 unspecified atom stereocenters. The van der Waals surface area contributed by atoms with E-state index in [9.17, 15) is 20.4 Å². The number of benzene rings is 1. The molecular formula is C20H16N6O3S. The van der Waals surface area contributed by atoms with Gasteiger partial charge in [0.2, 0.25) is 11.5 Å². The van der Waals surface area contributed by atoms with Gasteiger partial charge in [-0.25, -0.2) is 4.98 Å². The standard InChI is InChI=1S/C20H16N6O3S/c1-11(2)16-13(8-21)18(23)24-19(14(16)9-22)30-10-15(27)17-20(28)29-25-26(17)12-6-4-3-5-7-12/h3-7,11H,10H2,1-2H3,(H2-,23,24,25,27,28). The number of anilines is 1. The molecule has 0 saturated heterocycles. The Kier molecular flexibility index (Phi) is 6.00. The summed E-state index contributed by atoms with van der Waals surface area (Å²) >= 11 is 0.961. The van der Waals surface area contributed by atoms with Gasteiger partial charge < -0.3 is 15.4 Å². The minimum atomic E-state index is -0.861. The third-order valence-corrected chi connectivity index (χ3v) is 5.22. The third-order valence-electron chi connectivity index (χ3n) is 4.25. The van der Waals surface area contributed by atoms with Crippen molar-refractivity contribution in [3.8, 4) is 23.8 Å². The molecule has 0 radical (unpaired) electrons. The smallest absolute Gasteiger partial charge is 0.307 e. The van der Waals surface area contributed by atoms with Crippen LogP contribution in [0.5, 0.6) is 5.95 Å². The number of carbonyl (C=O) groups is 1. The highest BCUT2D eigenvalue weighted by atomic mass is 32.2. The molecule has 2 heterocycles. The van der Waals surface area contributed by atoms with Crippen molar-refractivity contribution in [2.45, 2.75) is 24.8 Å². The number of hydrogen-bond donors (Lipinski definition) is 1. The van der Waals surface area contributed by atoms with Crippen LogP contribution in [0.2, 0.25) is 0 Å². The fourth-order valence-electron chi connectivity index (χ4n) is 2.93. The average Bonchev–Trinajstić information content (AvgIpc) is 3.13. The van der Waals surface area contributed by atoms with Crippen LogP contribution in [0, 0.1) is 22.7 Å². The predicted octanol–water partition coefficient (Wildman–Crippen LogP) is 1.84. The van der Waals surface area contributed by atoms with Gasteiger partial charge in [-0.2, -0.15) is 10.5 Å². The minimum Gasteiger partial charge on any atom is -0.539 e. The number of nitrogens with zero attached hydrogens (tertiary/aromatic N) is 5. The fraction of sp³-hybridized carbons (Fsp3) is 0.200. The van der Waals surface area contributed by atoms with Gasteiger partial charge in [0, 0.05) is 12.1 Å². The molecule has 9 nitrogen and oxygen atoms in total. The molecule has 30 heavy (non-hydrogen) atoms. The molecule has 0 bridgehead atoms. The minimum absolute atomic E-state index is 0.0102. The summed E-state index contributed by atoms with van der Waals surface area (Å²) in [6.07, 6.45) is 0. The highest BCUT2D eigenvalue weighted by Crippen LogP contribution is 2.33. The van der Waals surface area contributed by atoms with E-state index in [2.05, 4.69) is 20.8 Å². The molecule has 3 aromatic rings. The van der Waals surface area contributed by atoms with Gasteiger partial charge in [-0.1, -0.05) is 43.8 Å². The third kappa shape index (κ3) is 3.81. The summed E-state index contributed by atoms with van der Waals surface area (Å²) in [5, 5.41) is 34.9. The van der Waals surface area contributed by atoms with E-state index in [1.54, 1.807) is 30.3 Å². The van der Waals surface area contributed by atoms with Crippen molar-refractivity contribution in [1.29, 1.82) is 10.5 Å². The Hall–Kier alpha value is -3.89. The zero-order valence-corrected chi connectivity index (χ0v) is 16.9. The average molecular weight is 420 g/mol. The maximum Gasteiger partial charge on any atom is 0.307 e. The number of Topliss-reactive ketones (excluding diaryl/α,β-unsaturated/α-hetero) is 1. The molecule has 0 aliphatic heterocycles. The number of pyridine rings is 1. The second-order valence-electron chi connectivity index (χ2n) is 6.51. The van der Waals surface area contributed by atoms with E-state index >= 15 is 0 Å². The van der Waals surface area contributed by atoms with E-state index < -0.39 is 11.7 Å². The first-order chi connectivity index (χ1) is 14.4. The number of hydrogen-bond acceptors (Lipinski definition) is 9. The molecule has 2 N–H and O–H groups in total. The molecule has 0 spiro atoms. The monoisotopic (exact) mass is 420 g/mol. The second kappa shape index (κ2) is 8.64. The van der Waals surface area contributed by atoms with Crippen LogP contribution in [-0.4, -0.2) is 21.8 Å². The van der Waals surface area contributed by atoms with Crippen LogP contribution in [0.15, 0.2) is 39.9 Å². The lowest BCUT2D eigenvalue weighted by Crippen LogP contribution is -2.39. The molecule has 150 valence electrons. The summed E-state index contributed by atoms with van der Waals surface area (Å²) in [6, 6.07) is 12.7. The Balaban J connectivity index is 1.95. The molecule has 0 aliphatic rings. The van der Waals surface area contributed by atoms with E-state index in [-0.39, 0.29) is 39.3 Å². The fourth-order valence-corrected chi connectivity index (χ4v) is 3.80. The van der Waals surface area contributed by atoms with Gasteiger partial charge in [0.1, 0.15) is 23.0 Å². The van der Waals surface area contributed by atoms with Crippen LogP contribution in [0.3, 0.4) is 0 Å². The summed E-state index contributed by atoms with van der Waals surface area (Å²) in [6.45, 7) is 3.67. The van der Waals surface area contributed by atoms with Crippen molar-refractivity contribution in [2.75, 3.05) is 11.5 Å². The van der Waals surface area contributed by atoms with Gasteiger partial charge in [0.05, 0.1) is 22.2 Å². The molecule has 0 aliphatic carbocycles. The van der Waals surface area contributed by atoms with Crippen molar-refractivity contribution >= 4 is 23.4 Å². The molecule has 1 aromatic carbocycles. The molecule has 0 atom stereocenters. The Morgan fingerprint density at radius 3 is 2.53 bits per heavy atom. The zero-order chi connectivity index (χ0) is 21.8. The molecule has 3 rings (SSSR count). The second-order valence-corrected chi connectivity index (χ2v) is 7.48. The van der Waals surface area contributed by atoms with Crippen molar-refractivity contribution < 1.29 is 19.1 Å². The van der Waals surface area contributed by atoms with Gasteiger partial charge >= 0.3 is 5.69 Å². The quantitative estimate of drug-likeness (QED) is 0.357. The first kappa shape index (κ1) is 20.8. The number of ketones is 1. The normalized spacial score (nSPS) is 10.6. The topological polar surface area (TPSA) is 157 Å². The van der Waals surface area contributed by atoms with Gasteiger partial charge in [-0.05, 0) is 16.2 Å². The lowest BCUT2D eigenvalue weighted by atomic mass is 9.94. The van der Waals surface area contributed by atoms with Gasteiger partial charge in [0.15, 0.2) is 5.95 Å². The lowest BCUT2D eigenvalue weighted by molar-refractivity contribution is -0.672. The van der Waals surface area contributed by atoms with E-state index in [1.165, 1.54) is 0 Å². The Labute approximate surface area is 176 Å².